The number of imidazole rings is 1. The van der Waals surface area contributed by atoms with Gasteiger partial charge in [0.1, 0.15) is 0 Å². The van der Waals surface area contributed by atoms with Gasteiger partial charge in [0.25, 0.3) is 0 Å². The van der Waals surface area contributed by atoms with Crippen molar-refractivity contribution in [2.45, 2.75) is 52.0 Å². The zero-order chi connectivity index (χ0) is 15.8. The lowest BCUT2D eigenvalue weighted by Gasteiger charge is -2.39. The van der Waals surface area contributed by atoms with Crippen LogP contribution in [0.5, 0.6) is 0 Å². The molecule has 0 amide bonds. The molecular formula is C17H32IN5. The zero-order valence-electron chi connectivity index (χ0n) is 14.7. The van der Waals surface area contributed by atoms with Crippen LogP contribution in [0.25, 0.3) is 0 Å². The van der Waals surface area contributed by atoms with E-state index in [2.05, 4.69) is 44.8 Å². The normalized spacial score (nSPS) is 21.9. The molecule has 5 nitrogen and oxygen atoms in total. The molecule has 23 heavy (non-hydrogen) atoms. The number of guanidine groups is 1. The van der Waals surface area contributed by atoms with Crippen molar-refractivity contribution in [1.29, 1.82) is 0 Å². The van der Waals surface area contributed by atoms with E-state index < -0.39 is 0 Å². The smallest absolute Gasteiger partial charge is 0.193 e. The third-order valence-corrected chi connectivity index (χ3v) is 4.65. The van der Waals surface area contributed by atoms with Crippen molar-refractivity contribution < 1.29 is 0 Å². The van der Waals surface area contributed by atoms with E-state index in [4.69, 9.17) is 0 Å². The highest BCUT2D eigenvalue weighted by Gasteiger charge is 2.28. The molecule has 0 aliphatic carbocycles. The average Bonchev–Trinajstić information content (AvgIpc) is 3.06. The van der Waals surface area contributed by atoms with Crippen molar-refractivity contribution in [3.05, 3.63) is 18.7 Å². The third kappa shape index (κ3) is 5.97. The van der Waals surface area contributed by atoms with Crippen molar-refractivity contribution >= 4 is 29.9 Å². The van der Waals surface area contributed by atoms with Gasteiger partial charge in [0.05, 0.1) is 12.4 Å². The summed E-state index contributed by atoms with van der Waals surface area (Å²) in [6, 6.07) is 0.481. The molecule has 1 aliphatic rings. The van der Waals surface area contributed by atoms with Gasteiger partial charge in [-0.15, -0.1) is 24.0 Å². The monoisotopic (exact) mass is 433 g/mol. The Morgan fingerprint density at radius 3 is 2.83 bits per heavy atom. The number of aliphatic imine (C=N–C) groups is 1. The van der Waals surface area contributed by atoms with Gasteiger partial charge in [-0.2, -0.15) is 0 Å². The number of aromatic nitrogens is 2. The van der Waals surface area contributed by atoms with Gasteiger partial charge in [-0.05, 0) is 18.8 Å². The minimum atomic E-state index is 0. The summed E-state index contributed by atoms with van der Waals surface area (Å²) in [6.45, 7) is 7.70. The molecule has 1 aliphatic heterocycles. The number of hydrogen-bond acceptors (Lipinski definition) is 2. The molecule has 132 valence electrons. The first-order valence-electron chi connectivity index (χ1n) is 8.69. The zero-order valence-corrected chi connectivity index (χ0v) is 17.1. The van der Waals surface area contributed by atoms with E-state index in [-0.39, 0.29) is 24.0 Å². The van der Waals surface area contributed by atoms with Crippen molar-refractivity contribution in [3.63, 3.8) is 0 Å². The van der Waals surface area contributed by atoms with Crippen molar-refractivity contribution in [2.24, 2.45) is 10.9 Å². The van der Waals surface area contributed by atoms with Crippen LogP contribution < -0.4 is 5.32 Å². The van der Waals surface area contributed by atoms with Crippen LogP contribution in [0.4, 0.5) is 0 Å². The Kier molecular flexibility index (Phi) is 9.59. The van der Waals surface area contributed by atoms with Crippen LogP contribution in [0.3, 0.4) is 0 Å². The number of likely N-dealkylation sites (tertiary alicyclic amines) is 1. The van der Waals surface area contributed by atoms with E-state index >= 15 is 0 Å². The van der Waals surface area contributed by atoms with Gasteiger partial charge in [0.15, 0.2) is 5.96 Å². The highest BCUT2D eigenvalue weighted by Crippen LogP contribution is 2.27. The second-order valence-electron chi connectivity index (χ2n) is 6.32. The van der Waals surface area contributed by atoms with Gasteiger partial charge in [-0.3, -0.25) is 4.99 Å². The number of rotatable bonds is 6. The fourth-order valence-electron chi connectivity index (χ4n) is 3.18. The summed E-state index contributed by atoms with van der Waals surface area (Å²) < 4.78 is 2.24. The highest BCUT2D eigenvalue weighted by molar-refractivity contribution is 14.0. The molecule has 0 saturated carbocycles. The lowest BCUT2D eigenvalue weighted by atomic mass is 9.93. The summed E-state index contributed by atoms with van der Waals surface area (Å²) in [4.78, 5) is 11.1. The first-order valence-corrected chi connectivity index (χ1v) is 8.69. The maximum Gasteiger partial charge on any atom is 0.193 e. The molecule has 2 heterocycles. The van der Waals surface area contributed by atoms with E-state index in [0.717, 1.165) is 25.6 Å². The Bertz CT molecular complexity index is 446. The molecule has 1 aromatic rings. The summed E-state index contributed by atoms with van der Waals surface area (Å²) in [5.41, 5.74) is 0. The van der Waals surface area contributed by atoms with Crippen LogP contribution in [0.15, 0.2) is 23.7 Å². The number of hydrogen-bond donors (Lipinski definition) is 1. The Morgan fingerprint density at radius 1 is 1.35 bits per heavy atom. The second kappa shape index (κ2) is 10.9. The number of nitrogens with zero attached hydrogens (tertiary/aromatic N) is 4. The molecule has 0 spiro atoms. The molecule has 6 heteroatoms. The van der Waals surface area contributed by atoms with Gasteiger partial charge >= 0.3 is 0 Å². The van der Waals surface area contributed by atoms with Crippen LogP contribution in [0.2, 0.25) is 0 Å². The molecule has 0 bridgehead atoms. The maximum absolute atomic E-state index is 4.48. The van der Waals surface area contributed by atoms with Crippen LogP contribution in [0, 0.1) is 5.92 Å². The average molecular weight is 433 g/mol. The van der Waals surface area contributed by atoms with E-state index in [0.29, 0.717) is 12.0 Å². The van der Waals surface area contributed by atoms with Crippen LogP contribution >= 0.6 is 24.0 Å². The molecule has 1 saturated heterocycles. The lowest BCUT2D eigenvalue weighted by molar-refractivity contribution is 0.189. The fraction of sp³-hybridized carbons (Fsp3) is 0.765. The number of nitrogens with one attached hydrogen (secondary N) is 1. The first-order chi connectivity index (χ1) is 10.8. The topological polar surface area (TPSA) is 45.5 Å². The first kappa shape index (κ1) is 20.3. The van der Waals surface area contributed by atoms with Crippen molar-refractivity contribution in [1.82, 2.24) is 19.8 Å². The third-order valence-electron chi connectivity index (χ3n) is 4.65. The largest absolute Gasteiger partial charge is 0.356 e. The minimum absolute atomic E-state index is 0. The molecular weight excluding hydrogens is 401 g/mol. The summed E-state index contributed by atoms with van der Waals surface area (Å²) in [5.74, 6) is 1.72. The van der Waals surface area contributed by atoms with E-state index in [1.54, 1.807) is 0 Å². The second-order valence-corrected chi connectivity index (χ2v) is 6.32. The van der Waals surface area contributed by atoms with Crippen LogP contribution in [0.1, 0.15) is 52.0 Å². The molecule has 1 aromatic heterocycles. The maximum atomic E-state index is 4.48. The summed E-state index contributed by atoms with van der Waals surface area (Å²) in [7, 11) is 1.89. The lowest BCUT2D eigenvalue weighted by Crippen LogP contribution is -2.49. The number of unbranched alkanes of at least 4 members (excludes halogenated alkanes) is 3. The quantitative estimate of drug-likeness (QED) is 0.323. The van der Waals surface area contributed by atoms with Crippen molar-refractivity contribution in [2.75, 3.05) is 26.7 Å². The predicted molar refractivity (Wildman–Crippen MR) is 108 cm³/mol. The number of piperidine rings is 1. The molecule has 0 aromatic carbocycles. The van der Waals surface area contributed by atoms with Gasteiger partial charge in [0.2, 0.25) is 0 Å². The summed E-state index contributed by atoms with van der Waals surface area (Å²) in [6.07, 6.45) is 12.2. The van der Waals surface area contributed by atoms with Crippen LogP contribution in [-0.4, -0.2) is 47.1 Å². The fourth-order valence-corrected chi connectivity index (χ4v) is 3.18. The predicted octanol–water partition coefficient (Wildman–Crippen LogP) is 3.54. The molecule has 2 atom stereocenters. The number of halogens is 1. The van der Waals surface area contributed by atoms with Gasteiger partial charge in [-0.25, -0.2) is 4.98 Å². The highest BCUT2D eigenvalue weighted by atomic mass is 127. The van der Waals surface area contributed by atoms with E-state index in [9.17, 15) is 0 Å². The molecule has 1 fully saturated rings. The Labute approximate surface area is 158 Å². The molecule has 2 rings (SSSR count). The molecule has 2 unspecified atom stereocenters. The van der Waals surface area contributed by atoms with Gasteiger partial charge < -0.3 is 14.8 Å². The van der Waals surface area contributed by atoms with Gasteiger partial charge in [0, 0.05) is 39.1 Å². The van der Waals surface area contributed by atoms with E-state index in [1.807, 2.05) is 19.6 Å². The Balaban J connectivity index is 0.00000264. The standard InChI is InChI=1S/C17H31N5.HI/c1-4-5-6-7-9-20-17(18-3)21-11-8-15(2)16(13-21)22-12-10-19-14-22;/h10,12,14-16H,4-9,11,13H2,1-3H3,(H,18,20);1H. The summed E-state index contributed by atoms with van der Waals surface area (Å²) >= 11 is 0. The van der Waals surface area contributed by atoms with Crippen molar-refractivity contribution in [3.8, 4) is 0 Å². The Hall–Kier alpha value is -0.790. The summed E-state index contributed by atoms with van der Waals surface area (Å²) in [5, 5.41) is 3.53. The van der Waals surface area contributed by atoms with E-state index in [1.165, 1.54) is 32.1 Å². The molecule has 0 radical (unpaired) electrons. The molecule has 1 N–H and O–H groups in total. The van der Waals surface area contributed by atoms with Gasteiger partial charge in [-0.1, -0.05) is 33.1 Å². The van der Waals surface area contributed by atoms with Crippen LogP contribution in [-0.2, 0) is 0 Å². The SMILES string of the molecule is CCCCCCNC(=NC)N1CCC(C)C(n2ccnc2)C1.I. The minimum Gasteiger partial charge on any atom is -0.356 e. The Morgan fingerprint density at radius 2 is 2.17 bits per heavy atom.